The number of carbonyl (C=O) groups is 2. The van der Waals surface area contributed by atoms with Crippen molar-refractivity contribution in [2.24, 2.45) is 5.92 Å². The summed E-state index contributed by atoms with van der Waals surface area (Å²) in [6.07, 6.45) is 2.99. The number of benzene rings is 2. The van der Waals surface area contributed by atoms with Crippen LogP contribution >= 0.6 is 0 Å². The Balaban J connectivity index is 1.17. The van der Waals surface area contributed by atoms with E-state index in [1.54, 1.807) is 13.2 Å². The van der Waals surface area contributed by atoms with E-state index in [1.165, 1.54) is 0 Å². The zero-order valence-electron chi connectivity index (χ0n) is 22.6. The lowest BCUT2D eigenvalue weighted by Crippen LogP contribution is -2.55. The molecule has 3 N–H and O–H groups in total. The SMILES string of the molecule is C=CC1CC1(NC(=O)C1C[C@@H](Oc2cc(-c3ccccc3)nc3cc(OC)ccc23)CN1)C(=O)NS(=O)(=O)C1CC1. The fourth-order valence-electron chi connectivity index (χ4n) is 5.35. The van der Waals surface area contributed by atoms with E-state index in [-0.39, 0.29) is 17.9 Å². The summed E-state index contributed by atoms with van der Waals surface area (Å²) in [4.78, 5) is 31.1. The topological polar surface area (TPSA) is 136 Å². The average Bonchev–Trinajstić information content (AvgIpc) is 3.90. The number of nitrogens with one attached hydrogen (secondary N) is 3. The van der Waals surface area contributed by atoms with Gasteiger partial charge >= 0.3 is 0 Å². The summed E-state index contributed by atoms with van der Waals surface area (Å²) >= 11 is 0. The number of amides is 2. The summed E-state index contributed by atoms with van der Waals surface area (Å²) in [5.41, 5.74) is 1.10. The number of carbonyl (C=O) groups excluding carboxylic acids is 2. The molecule has 3 aromatic rings. The maximum absolute atomic E-state index is 13.3. The number of pyridine rings is 1. The highest BCUT2D eigenvalue weighted by Gasteiger charge is 2.61. The number of sulfonamides is 1. The molecule has 3 aliphatic rings. The van der Waals surface area contributed by atoms with Gasteiger partial charge in [-0.15, -0.1) is 6.58 Å². The normalized spacial score (nSPS) is 25.3. The van der Waals surface area contributed by atoms with Crippen molar-refractivity contribution in [2.75, 3.05) is 13.7 Å². The van der Waals surface area contributed by atoms with Crippen LogP contribution in [0.4, 0.5) is 0 Å². The highest BCUT2D eigenvalue weighted by Crippen LogP contribution is 2.45. The highest BCUT2D eigenvalue weighted by molar-refractivity contribution is 7.91. The quantitative estimate of drug-likeness (QED) is 0.314. The summed E-state index contributed by atoms with van der Waals surface area (Å²) in [5.74, 6) is -0.110. The first-order chi connectivity index (χ1) is 19.7. The Morgan fingerprint density at radius 1 is 1.15 bits per heavy atom. The van der Waals surface area contributed by atoms with Crippen LogP contribution in [0.3, 0.4) is 0 Å². The number of fused-ring (bicyclic) bond motifs is 1. The molecule has 0 spiro atoms. The van der Waals surface area contributed by atoms with E-state index in [2.05, 4.69) is 21.9 Å². The summed E-state index contributed by atoms with van der Waals surface area (Å²) in [6, 6.07) is 16.7. The third-order valence-electron chi connectivity index (χ3n) is 8.00. The average molecular weight is 577 g/mol. The smallest absolute Gasteiger partial charge is 0.259 e. The summed E-state index contributed by atoms with van der Waals surface area (Å²) < 4.78 is 38.7. The van der Waals surface area contributed by atoms with Gasteiger partial charge in [-0.2, -0.15) is 0 Å². The summed E-state index contributed by atoms with van der Waals surface area (Å²) in [6.45, 7) is 4.16. The minimum atomic E-state index is -3.74. The molecule has 2 saturated carbocycles. The van der Waals surface area contributed by atoms with E-state index >= 15 is 0 Å². The molecular weight excluding hydrogens is 544 g/mol. The number of nitrogens with zero attached hydrogens (tertiary/aromatic N) is 1. The van der Waals surface area contributed by atoms with E-state index in [1.807, 2.05) is 54.6 Å². The molecule has 1 aromatic heterocycles. The Hall–Kier alpha value is -3.96. The molecule has 10 nitrogen and oxygen atoms in total. The van der Waals surface area contributed by atoms with Crippen molar-refractivity contribution in [1.82, 2.24) is 20.3 Å². The van der Waals surface area contributed by atoms with Gasteiger partial charge in [0, 0.05) is 42.0 Å². The van der Waals surface area contributed by atoms with Gasteiger partial charge in [0.15, 0.2) is 0 Å². The second kappa shape index (κ2) is 10.5. The number of hydrogen-bond donors (Lipinski definition) is 3. The monoisotopic (exact) mass is 576 g/mol. The first kappa shape index (κ1) is 27.2. The first-order valence-corrected chi connectivity index (χ1v) is 15.2. The lowest BCUT2D eigenvalue weighted by atomic mass is 10.1. The molecule has 11 heteroatoms. The Kier molecular flexibility index (Phi) is 6.95. The van der Waals surface area contributed by atoms with Crippen LogP contribution in [0.25, 0.3) is 22.2 Å². The molecule has 2 heterocycles. The number of methoxy groups -OCH3 is 1. The molecule has 0 radical (unpaired) electrons. The van der Waals surface area contributed by atoms with Crippen LogP contribution in [0.15, 0.2) is 67.3 Å². The van der Waals surface area contributed by atoms with Crippen molar-refractivity contribution in [3.8, 4) is 22.8 Å². The minimum Gasteiger partial charge on any atom is -0.497 e. The number of ether oxygens (including phenoxy) is 2. The number of hydrogen-bond acceptors (Lipinski definition) is 8. The molecule has 6 rings (SSSR count). The van der Waals surface area contributed by atoms with Crippen molar-refractivity contribution in [3.63, 3.8) is 0 Å². The molecule has 4 atom stereocenters. The van der Waals surface area contributed by atoms with Crippen molar-refractivity contribution in [3.05, 3.63) is 67.3 Å². The number of rotatable bonds is 10. The standard InChI is InChI=1S/C30H32N4O6S/c1-3-19-16-30(19,29(36)34-41(37,38)22-10-11-22)33-28(35)26-14-21(17-31-26)40-27-15-24(18-7-5-4-6-8-18)32-25-13-20(39-2)9-12-23(25)27/h3-9,12-13,15,19,21-22,26,31H,1,10-11,14,16-17H2,2H3,(H,33,35)(H,34,36)/t19?,21-,26?,30?/m1/s1. The second-order valence-electron chi connectivity index (χ2n) is 10.9. The van der Waals surface area contributed by atoms with Crippen LogP contribution < -0.4 is 24.8 Å². The van der Waals surface area contributed by atoms with Crippen LogP contribution in [0.2, 0.25) is 0 Å². The molecule has 3 fully saturated rings. The maximum Gasteiger partial charge on any atom is 0.259 e. The van der Waals surface area contributed by atoms with Crippen LogP contribution in [0.5, 0.6) is 11.5 Å². The Bertz CT molecular complexity index is 1620. The molecule has 2 aliphatic carbocycles. The largest absolute Gasteiger partial charge is 0.497 e. The van der Waals surface area contributed by atoms with Crippen LogP contribution in [-0.2, 0) is 19.6 Å². The van der Waals surface area contributed by atoms with Crippen molar-refractivity contribution < 1.29 is 27.5 Å². The van der Waals surface area contributed by atoms with Crippen molar-refractivity contribution in [1.29, 1.82) is 0 Å². The second-order valence-corrected chi connectivity index (χ2v) is 12.8. The van der Waals surface area contributed by atoms with Crippen LogP contribution in [0.1, 0.15) is 25.7 Å². The molecule has 3 unspecified atom stereocenters. The van der Waals surface area contributed by atoms with E-state index in [0.29, 0.717) is 43.7 Å². The molecule has 2 aromatic carbocycles. The highest BCUT2D eigenvalue weighted by atomic mass is 32.2. The maximum atomic E-state index is 13.3. The molecule has 2 amide bonds. The lowest BCUT2D eigenvalue weighted by molar-refractivity contribution is -0.130. The summed E-state index contributed by atoms with van der Waals surface area (Å²) in [7, 11) is -2.13. The predicted octanol–water partition coefficient (Wildman–Crippen LogP) is 2.69. The van der Waals surface area contributed by atoms with Gasteiger partial charge in [-0.3, -0.25) is 14.3 Å². The molecule has 0 bridgehead atoms. The fourth-order valence-corrected chi connectivity index (χ4v) is 6.72. The Morgan fingerprint density at radius 2 is 1.93 bits per heavy atom. The minimum absolute atomic E-state index is 0.301. The van der Waals surface area contributed by atoms with Gasteiger partial charge in [-0.25, -0.2) is 13.4 Å². The van der Waals surface area contributed by atoms with Gasteiger partial charge < -0.3 is 20.1 Å². The van der Waals surface area contributed by atoms with E-state index in [0.717, 1.165) is 22.2 Å². The van der Waals surface area contributed by atoms with Crippen molar-refractivity contribution >= 4 is 32.7 Å². The molecular formula is C30H32N4O6S. The van der Waals surface area contributed by atoms with Gasteiger partial charge in [-0.05, 0) is 31.4 Å². The first-order valence-electron chi connectivity index (χ1n) is 13.7. The Labute approximate surface area is 238 Å². The van der Waals surface area contributed by atoms with Crippen LogP contribution in [-0.4, -0.2) is 61.8 Å². The van der Waals surface area contributed by atoms with Gasteiger partial charge in [0.1, 0.15) is 23.1 Å². The molecule has 214 valence electrons. The third-order valence-corrected chi connectivity index (χ3v) is 9.82. The fraction of sp³-hybridized carbons (Fsp3) is 0.367. The lowest BCUT2D eigenvalue weighted by Gasteiger charge is -2.21. The molecule has 1 aliphatic heterocycles. The van der Waals surface area contributed by atoms with E-state index in [4.69, 9.17) is 14.5 Å². The zero-order chi connectivity index (χ0) is 28.8. The van der Waals surface area contributed by atoms with Gasteiger partial charge in [0.05, 0.1) is 29.6 Å². The number of aromatic nitrogens is 1. The Morgan fingerprint density at radius 3 is 2.61 bits per heavy atom. The third kappa shape index (κ3) is 5.39. The van der Waals surface area contributed by atoms with Gasteiger partial charge in [-0.1, -0.05) is 36.4 Å². The van der Waals surface area contributed by atoms with Crippen LogP contribution in [0, 0.1) is 5.92 Å². The molecule has 1 saturated heterocycles. The zero-order valence-corrected chi connectivity index (χ0v) is 23.4. The van der Waals surface area contributed by atoms with Gasteiger partial charge in [0.2, 0.25) is 15.9 Å². The molecule has 41 heavy (non-hydrogen) atoms. The van der Waals surface area contributed by atoms with E-state index < -0.39 is 32.8 Å². The van der Waals surface area contributed by atoms with E-state index in [9.17, 15) is 18.0 Å². The predicted molar refractivity (Wildman–Crippen MR) is 154 cm³/mol. The summed E-state index contributed by atoms with van der Waals surface area (Å²) in [5, 5.41) is 6.29. The van der Waals surface area contributed by atoms with Crippen molar-refractivity contribution in [2.45, 2.75) is 48.6 Å². The van der Waals surface area contributed by atoms with Gasteiger partial charge in [0.25, 0.3) is 5.91 Å².